The van der Waals surface area contributed by atoms with Crippen molar-refractivity contribution in [2.24, 2.45) is 0 Å². The van der Waals surface area contributed by atoms with Crippen LogP contribution in [-0.4, -0.2) is 21.9 Å². The van der Waals surface area contributed by atoms with Crippen LogP contribution in [0.3, 0.4) is 0 Å². The first-order chi connectivity index (χ1) is 15.1. The highest BCUT2D eigenvalue weighted by molar-refractivity contribution is 5.87. The van der Waals surface area contributed by atoms with Crippen LogP contribution < -0.4 is 10.9 Å². The second-order valence-electron chi connectivity index (χ2n) is 8.93. The topological polar surface area (TPSA) is 60.1 Å². The summed E-state index contributed by atoms with van der Waals surface area (Å²) in [7, 11) is 0. The number of rotatable bonds is 6. The summed E-state index contributed by atoms with van der Waals surface area (Å²) in [5.74, 6) is 0.562. The Hall–Kier alpha value is -3.19. The molecule has 0 radical (unpaired) electrons. The van der Waals surface area contributed by atoms with Gasteiger partial charge in [-0.3, -0.25) is 10.9 Å². The molecule has 2 aromatic carbocycles. The molecule has 7 heteroatoms. The fourth-order valence-corrected chi connectivity index (χ4v) is 4.24. The van der Waals surface area contributed by atoms with Crippen molar-refractivity contribution in [3.05, 3.63) is 89.1 Å². The predicted octanol–water partition coefficient (Wildman–Crippen LogP) is 5.65. The maximum absolute atomic E-state index is 14.1. The molecule has 0 amide bonds. The largest absolute Gasteiger partial charge is 0.417 e. The van der Waals surface area contributed by atoms with Crippen molar-refractivity contribution in [2.45, 2.75) is 43.9 Å². The lowest BCUT2D eigenvalue weighted by molar-refractivity contribution is -0.266. The molecule has 1 unspecified atom stereocenters. The molecule has 2 heterocycles. The average molecular weight is 441 g/mol. The fraction of sp³-hybridized carbons (Fsp3) is 0.280. The first kappa shape index (κ1) is 22.0. The van der Waals surface area contributed by atoms with E-state index in [9.17, 15) is 18.3 Å². The maximum Gasteiger partial charge on any atom is 0.417 e. The van der Waals surface area contributed by atoms with E-state index >= 15 is 0 Å². The molecule has 0 spiro atoms. The van der Waals surface area contributed by atoms with E-state index in [-0.39, 0.29) is 0 Å². The van der Waals surface area contributed by atoms with E-state index in [1.165, 1.54) is 0 Å². The second-order valence-corrected chi connectivity index (χ2v) is 8.93. The number of aliphatic hydroxyl groups is 1. The van der Waals surface area contributed by atoms with Crippen LogP contribution in [-0.2, 0) is 11.8 Å². The summed E-state index contributed by atoms with van der Waals surface area (Å²) in [6.07, 6.45) is -3.97. The number of halogens is 3. The summed E-state index contributed by atoms with van der Waals surface area (Å²) < 4.78 is 42.3. The lowest BCUT2D eigenvalue weighted by atomic mass is 9.73. The van der Waals surface area contributed by atoms with Crippen LogP contribution in [0, 0.1) is 0 Å². The Morgan fingerprint density at radius 3 is 2.12 bits per heavy atom. The lowest BCUT2D eigenvalue weighted by Crippen LogP contribution is -2.50. The molecule has 32 heavy (non-hydrogen) atoms. The van der Waals surface area contributed by atoms with Gasteiger partial charge in [0.05, 0.1) is 5.70 Å². The van der Waals surface area contributed by atoms with Crippen molar-refractivity contribution in [2.75, 3.05) is 5.43 Å². The Balaban J connectivity index is 1.61. The van der Waals surface area contributed by atoms with Gasteiger partial charge in [0.2, 0.25) is 0 Å². The molecule has 1 aliphatic heterocycles. The molecule has 4 nitrogen and oxygen atoms in total. The highest BCUT2D eigenvalue weighted by atomic mass is 19.4. The molecule has 0 fully saturated rings. The number of aromatic amines is 1. The van der Waals surface area contributed by atoms with Crippen molar-refractivity contribution in [3.63, 3.8) is 0 Å². The molecular weight excluding hydrogens is 415 g/mol. The first-order valence-electron chi connectivity index (χ1n) is 10.4. The van der Waals surface area contributed by atoms with Crippen LogP contribution in [0.15, 0.2) is 66.7 Å². The molecule has 0 saturated heterocycles. The number of benzene rings is 2. The molecule has 4 N–H and O–H groups in total. The number of hydrazine groups is 1. The van der Waals surface area contributed by atoms with Gasteiger partial charge in [0.15, 0.2) is 5.60 Å². The second kappa shape index (κ2) is 8.06. The predicted molar refractivity (Wildman–Crippen MR) is 121 cm³/mol. The highest BCUT2D eigenvalue weighted by Crippen LogP contribution is 2.43. The molecule has 1 aliphatic rings. The molecule has 3 aromatic rings. The van der Waals surface area contributed by atoms with Crippen LogP contribution in [0.2, 0.25) is 0 Å². The van der Waals surface area contributed by atoms with E-state index in [1.54, 1.807) is 44.2 Å². The minimum absolute atomic E-state index is 0.304. The van der Waals surface area contributed by atoms with Crippen LogP contribution in [0.4, 0.5) is 19.0 Å². The Morgan fingerprint density at radius 2 is 1.50 bits per heavy atom. The monoisotopic (exact) mass is 441 g/mol. The minimum atomic E-state index is -4.79. The molecule has 1 atom stereocenters. The van der Waals surface area contributed by atoms with E-state index in [2.05, 4.69) is 15.8 Å². The van der Waals surface area contributed by atoms with E-state index in [1.807, 2.05) is 42.5 Å². The molecule has 1 aromatic heterocycles. The number of aromatic nitrogens is 1. The lowest BCUT2D eigenvalue weighted by Gasteiger charge is -2.37. The zero-order valence-electron chi connectivity index (χ0n) is 17.9. The van der Waals surface area contributed by atoms with Gasteiger partial charge in [-0.1, -0.05) is 74.5 Å². The van der Waals surface area contributed by atoms with Gasteiger partial charge in [0, 0.05) is 17.7 Å². The Bertz CT molecular complexity index is 1100. The van der Waals surface area contributed by atoms with Gasteiger partial charge >= 0.3 is 6.18 Å². The maximum atomic E-state index is 14.1. The fourth-order valence-electron chi connectivity index (χ4n) is 4.24. The van der Waals surface area contributed by atoms with E-state index in [0.29, 0.717) is 11.5 Å². The summed E-state index contributed by atoms with van der Waals surface area (Å²) >= 11 is 0. The summed E-state index contributed by atoms with van der Waals surface area (Å²) in [4.78, 5) is 2.98. The summed E-state index contributed by atoms with van der Waals surface area (Å²) in [6, 6.07) is 20.2. The number of hydrogen-bond acceptors (Lipinski definition) is 3. The van der Waals surface area contributed by atoms with Crippen LogP contribution in [0.1, 0.15) is 42.7 Å². The van der Waals surface area contributed by atoms with Crippen molar-refractivity contribution >= 4 is 17.6 Å². The van der Waals surface area contributed by atoms with Crippen molar-refractivity contribution in [1.29, 1.82) is 0 Å². The third-order valence-corrected chi connectivity index (χ3v) is 5.91. The van der Waals surface area contributed by atoms with Crippen LogP contribution >= 0.6 is 0 Å². The summed E-state index contributed by atoms with van der Waals surface area (Å²) in [6.45, 7) is 3.44. The van der Waals surface area contributed by atoms with Crippen molar-refractivity contribution in [1.82, 2.24) is 10.4 Å². The van der Waals surface area contributed by atoms with E-state index in [0.717, 1.165) is 22.4 Å². The number of fused-ring (bicyclic) bond motifs is 1. The number of H-pyrrole nitrogens is 1. The highest BCUT2D eigenvalue weighted by Gasteiger charge is 2.56. The quantitative estimate of drug-likeness (QED) is 0.400. The zero-order chi connectivity index (χ0) is 23.0. The third-order valence-electron chi connectivity index (χ3n) is 5.91. The number of hydrogen-bond donors (Lipinski definition) is 4. The van der Waals surface area contributed by atoms with Gasteiger partial charge in [0.25, 0.3) is 0 Å². The van der Waals surface area contributed by atoms with Crippen LogP contribution in [0.5, 0.6) is 0 Å². The van der Waals surface area contributed by atoms with Gasteiger partial charge in [-0.25, -0.2) is 0 Å². The van der Waals surface area contributed by atoms with E-state index < -0.39 is 30.0 Å². The molecule has 0 saturated carbocycles. The summed E-state index contributed by atoms with van der Waals surface area (Å²) in [5.41, 5.74) is 5.81. The molecular formula is C25H26F3N3O. The van der Waals surface area contributed by atoms with Gasteiger partial charge in [-0.2, -0.15) is 13.2 Å². The normalized spacial score (nSPS) is 15.8. The minimum Gasteiger partial charge on any atom is -0.380 e. The van der Waals surface area contributed by atoms with Crippen molar-refractivity contribution < 1.29 is 18.3 Å². The standard InChI is InChI=1S/C25H26F3N3O/c1-23(2,19-11-7-4-8-12-19)16-24(32,25(26,27)28)15-20-13-18-14-21(30-31-22(18)29-20)17-9-5-3-6-10-17/h3-14,29-32H,15-16H2,1-2H3. The van der Waals surface area contributed by atoms with Gasteiger partial charge in [-0.15, -0.1) is 0 Å². The van der Waals surface area contributed by atoms with Crippen molar-refractivity contribution in [3.8, 4) is 0 Å². The zero-order valence-corrected chi connectivity index (χ0v) is 17.9. The van der Waals surface area contributed by atoms with Gasteiger partial charge in [0.1, 0.15) is 5.82 Å². The van der Waals surface area contributed by atoms with Crippen LogP contribution in [0.25, 0.3) is 11.8 Å². The number of nitrogens with one attached hydrogen (secondary N) is 3. The van der Waals surface area contributed by atoms with E-state index in [4.69, 9.17) is 0 Å². The molecule has 168 valence electrons. The first-order valence-corrected chi connectivity index (χ1v) is 10.4. The van der Waals surface area contributed by atoms with Gasteiger partial charge in [-0.05, 0) is 35.1 Å². The Morgan fingerprint density at radius 1 is 0.875 bits per heavy atom. The number of alkyl halides is 3. The SMILES string of the molecule is CC(C)(CC(O)(Cc1cc2c([nH]1)NNC(c1ccccc1)=C2)C(F)(F)F)c1ccccc1. The average Bonchev–Trinajstić information content (AvgIpc) is 3.15. The van der Waals surface area contributed by atoms with Gasteiger partial charge < -0.3 is 10.1 Å². The third kappa shape index (κ3) is 4.39. The Labute approximate surface area is 185 Å². The summed E-state index contributed by atoms with van der Waals surface area (Å²) in [5, 5.41) is 10.9. The number of anilines is 1. The Kier molecular flexibility index (Phi) is 5.54. The molecule has 0 bridgehead atoms. The smallest absolute Gasteiger partial charge is 0.380 e. The molecule has 0 aliphatic carbocycles. The molecule has 4 rings (SSSR count).